The minimum Gasteiger partial charge on any atom is -0.496 e. The molecule has 0 bridgehead atoms. The van der Waals surface area contributed by atoms with Gasteiger partial charge in [-0.2, -0.15) is 0 Å². The van der Waals surface area contributed by atoms with E-state index in [9.17, 15) is 4.39 Å². The Morgan fingerprint density at radius 3 is 2.83 bits per heavy atom. The number of benzene rings is 2. The van der Waals surface area contributed by atoms with Gasteiger partial charge in [0.05, 0.1) is 24.3 Å². The molecule has 0 fully saturated rings. The fraction of sp³-hybridized carbons (Fsp3) is 0.222. The topological polar surface area (TPSA) is 73.1 Å². The molecule has 0 amide bonds. The van der Waals surface area contributed by atoms with Gasteiger partial charge in [0.2, 0.25) is 0 Å². The molecule has 0 aliphatic heterocycles. The molecule has 0 unspecified atom stereocenters. The summed E-state index contributed by atoms with van der Waals surface area (Å²) in [4.78, 5) is 8.97. The van der Waals surface area contributed by atoms with Gasteiger partial charge in [-0.25, -0.2) is 9.37 Å². The molecular weight excluding hydrogens is 307 g/mol. The van der Waals surface area contributed by atoms with Crippen molar-refractivity contribution in [1.82, 2.24) is 9.97 Å². The molecule has 0 atom stereocenters. The number of halogens is 1. The molecule has 1 heterocycles. The van der Waals surface area contributed by atoms with Gasteiger partial charge in [0.15, 0.2) is 0 Å². The Morgan fingerprint density at radius 2 is 2.08 bits per heavy atom. The summed E-state index contributed by atoms with van der Waals surface area (Å²) >= 11 is 0. The van der Waals surface area contributed by atoms with Crippen LogP contribution < -0.4 is 15.8 Å². The third-order valence-corrected chi connectivity index (χ3v) is 3.69. The molecule has 3 N–H and O–H groups in total. The molecule has 0 saturated carbocycles. The number of ether oxygens (including phenoxy) is 1. The van der Waals surface area contributed by atoms with Gasteiger partial charge in [-0.05, 0) is 49.2 Å². The lowest BCUT2D eigenvalue weighted by molar-refractivity contribution is 0.410. The Hall–Kier alpha value is -2.73. The minimum atomic E-state index is -0.306. The average Bonchev–Trinajstić information content (AvgIpc) is 2.59. The Kier molecular flexibility index (Phi) is 4.86. The second-order valence-electron chi connectivity index (χ2n) is 5.44. The number of rotatable bonds is 6. The number of methoxy groups -OCH3 is 1. The first kappa shape index (κ1) is 16.1. The summed E-state index contributed by atoms with van der Waals surface area (Å²) in [7, 11) is 1.63. The molecule has 124 valence electrons. The van der Waals surface area contributed by atoms with Gasteiger partial charge in [0.1, 0.15) is 17.4 Å². The molecule has 3 rings (SSSR count). The third kappa shape index (κ3) is 3.60. The lowest BCUT2D eigenvalue weighted by Crippen LogP contribution is -2.02. The lowest BCUT2D eigenvalue weighted by atomic mass is 10.1. The van der Waals surface area contributed by atoms with Gasteiger partial charge in [-0.1, -0.05) is 6.07 Å². The van der Waals surface area contributed by atoms with Crippen molar-refractivity contribution in [3.05, 3.63) is 54.0 Å². The normalized spacial score (nSPS) is 10.8. The Morgan fingerprint density at radius 1 is 1.21 bits per heavy atom. The molecule has 0 aliphatic rings. The van der Waals surface area contributed by atoms with E-state index in [4.69, 9.17) is 10.5 Å². The van der Waals surface area contributed by atoms with Crippen LogP contribution in [0.5, 0.6) is 5.75 Å². The number of nitrogens with zero attached hydrogens (tertiary/aromatic N) is 2. The van der Waals surface area contributed by atoms with Crippen LogP contribution in [0.2, 0.25) is 0 Å². The maximum Gasteiger partial charge on any atom is 0.149 e. The first-order valence-corrected chi connectivity index (χ1v) is 7.76. The van der Waals surface area contributed by atoms with Gasteiger partial charge in [-0.15, -0.1) is 0 Å². The molecule has 0 spiro atoms. The highest BCUT2D eigenvalue weighted by Crippen LogP contribution is 2.26. The Bertz CT molecular complexity index is 854. The number of hydrogen-bond donors (Lipinski definition) is 2. The maximum absolute atomic E-state index is 13.3. The number of hydrogen-bond acceptors (Lipinski definition) is 5. The van der Waals surface area contributed by atoms with Gasteiger partial charge in [0, 0.05) is 11.8 Å². The molecular formula is C18H19FN4O. The van der Waals surface area contributed by atoms with Crippen molar-refractivity contribution >= 4 is 22.5 Å². The van der Waals surface area contributed by atoms with Crippen molar-refractivity contribution in [2.75, 3.05) is 19.0 Å². The first-order chi connectivity index (χ1) is 11.7. The van der Waals surface area contributed by atoms with Crippen LogP contribution in [0.4, 0.5) is 15.9 Å². The van der Waals surface area contributed by atoms with E-state index < -0.39 is 0 Å². The summed E-state index contributed by atoms with van der Waals surface area (Å²) in [6.07, 6.45) is 3.35. The number of aryl methyl sites for hydroxylation is 1. The zero-order valence-electron chi connectivity index (χ0n) is 13.4. The largest absolute Gasteiger partial charge is 0.496 e. The summed E-state index contributed by atoms with van der Waals surface area (Å²) in [5.41, 5.74) is 8.76. The van der Waals surface area contributed by atoms with Gasteiger partial charge in [0.25, 0.3) is 0 Å². The maximum atomic E-state index is 13.3. The highest BCUT2D eigenvalue weighted by molar-refractivity contribution is 5.79. The molecule has 0 radical (unpaired) electrons. The van der Waals surface area contributed by atoms with Crippen molar-refractivity contribution in [1.29, 1.82) is 0 Å². The van der Waals surface area contributed by atoms with Gasteiger partial charge >= 0.3 is 0 Å². The van der Waals surface area contributed by atoms with Gasteiger partial charge in [-0.3, -0.25) is 4.98 Å². The smallest absolute Gasteiger partial charge is 0.149 e. The quantitative estimate of drug-likeness (QED) is 0.726. The van der Waals surface area contributed by atoms with Crippen LogP contribution in [0.3, 0.4) is 0 Å². The molecule has 0 aliphatic carbocycles. The monoisotopic (exact) mass is 326 g/mol. The van der Waals surface area contributed by atoms with E-state index in [1.807, 2.05) is 12.1 Å². The second-order valence-corrected chi connectivity index (χ2v) is 5.44. The van der Waals surface area contributed by atoms with E-state index in [1.54, 1.807) is 25.4 Å². The number of nitrogens with one attached hydrogen (secondary N) is 1. The third-order valence-electron chi connectivity index (χ3n) is 3.69. The number of fused-ring (bicyclic) bond motifs is 1. The van der Waals surface area contributed by atoms with Crippen molar-refractivity contribution < 1.29 is 9.13 Å². The second kappa shape index (κ2) is 7.23. The summed E-state index contributed by atoms with van der Waals surface area (Å²) in [5.74, 6) is 1.01. The standard InChI is InChI=1S/C18H19FN4O/c1-24-17-10-16-15(8-12(17)4-3-7-20)21-11-18(23-16)22-14-6-2-5-13(19)9-14/h2,5-6,8-11H,3-4,7,20H2,1H3,(H,22,23). The van der Waals surface area contributed by atoms with Crippen molar-refractivity contribution in [2.24, 2.45) is 5.73 Å². The predicted octanol–water partition coefficient (Wildman–Crippen LogP) is 3.41. The predicted molar refractivity (Wildman–Crippen MR) is 93.1 cm³/mol. The van der Waals surface area contributed by atoms with Crippen LogP contribution in [0.25, 0.3) is 11.0 Å². The zero-order chi connectivity index (χ0) is 16.9. The number of aromatic nitrogens is 2. The van der Waals surface area contributed by atoms with E-state index in [0.29, 0.717) is 23.6 Å². The van der Waals surface area contributed by atoms with Crippen LogP contribution in [0.1, 0.15) is 12.0 Å². The Labute approximate surface area is 139 Å². The lowest BCUT2D eigenvalue weighted by Gasteiger charge is -2.11. The summed E-state index contributed by atoms with van der Waals surface area (Å²) < 4.78 is 18.7. The van der Waals surface area contributed by atoms with Crippen molar-refractivity contribution in [3.63, 3.8) is 0 Å². The van der Waals surface area contributed by atoms with Crippen LogP contribution in [0.15, 0.2) is 42.6 Å². The van der Waals surface area contributed by atoms with Gasteiger partial charge < -0.3 is 15.8 Å². The fourth-order valence-corrected chi connectivity index (χ4v) is 2.54. The van der Waals surface area contributed by atoms with Crippen LogP contribution in [-0.4, -0.2) is 23.6 Å². The highest BCUT2D eigenvalue weighted by Gasteiger charge is 2.08. The molecule has 3 aromatic rings. The summed E-state index contributed by atoms with van der Waals surface area (Å²) in [6.45, 7) is 0.628. The zero-order valence-corrected chi connectivity index (χ0v) is 13.4. The van der Waals surface area contributed by atoms with Crippen molar-refractivity contribution in [2.45, 2.75) is 12.8 Å². The molecule has 6 heteroatoms. The first-order valence-electron chi connectivity index (χ1n) is 7.76. The van der Waals surface area contributed by atoms with E-state index in [1.165, 1.54) is 12.1 Å². The molecule has 2 aromatic carbocycles. The van der Waals surface area contributed by atoms with Crippen molar-refractivity contribution in [3.8, 4) is 5.75 Å². The van der Waals surface area contributed by atoms with E-state index in [-0.39, 0.29) is 5.82 Å². The fourth-order valence-electron chi connectivity index (χ4n) is 2.54. The SMILES string of the molecule is COc1cc2nc(Nc3cccc(F)c3)cnc2cc1CCCN. The molecule has 1 aromatic heterocycles. The number of anilines is 2. The Balaban J connectivity index is 1.92. The molecule has 0 saturated heterocycles. The summed E-state index contributed by atoms with van der Waals surface area (Å²) in [6, 6.07) is 10.0. The molecule has 5 nitrogen and oxygen atoms in total. The van der Waals surface area contributed by atoms with Crippen LogP contribution in [0, 0.1) is 5.82 Å². The van der Waals surface area contributed by atoms with Crippen LogP contribution >= 0.6 is 0 Å². The van der Waals surface area contributed by atoms with E-state index in [2.05, 4.69) is 15.3 Å². The highest BCUT2D eigenvalue weighted by atomic mass is 19.1. The molecule has 24 heavy (non-hydrogen) atoms. The van der Waals surface area contributed by atoms with E-state index >= 15 is 0 Å². The van der Waals surface area contributed by atoms with Crippen LogP contribution in [-0.2, 0) is 6.42 Å². The average molecular weight is 326 g/mol. The number of nitrogens with two attached hydrogens (primary N) is 1. The van der Waals surface area contributed by atoms with E-state index in [0.717, 1.165) is 29.7 Å². The summed E-state index contributed by atoms with van der Waals surface area (Å²) in [5, 5.41) is 3.05. The minimum absolute atomic E-state index is 0.306.